The minimum absolute atomic E-state index is 0.176. The molecule has 180 valence electrons. The van der Waals surface area contributed by atoms with Crippen LogP contribution in [-0.4, -0.2) is 15.9 Å². The van der Waals surface area contributed by atoms with Crippen molar-refractivity contribution in [2.24, 2.45) is 5.73 Å². The second kappa shape index (κ2) is 9.56. The van der Waals surface area contributed by atoms with Crippen LogP contribution >= 0.6 is 0 Å². The highest BCUT2D eigenvalue weighted by Gasteiger charge is 2.13. The fraction of sp³-hybridized carbons (Fsp3) is 0.0333. The molecule has 0 bridgehead atoms. The van der Waals surface area contributed by atoms with E-state index in [1.54, 1.807) is 12.1 Å². The second-order valence-corrected chi connectivity index (χ2v) is 8.63. The van der Waals surface area contributed by atoms with E-state index in [1.807, 2.05) is 72.8 Å². The molecule has 4 aromatic carbocycles. The van der Waals surface area contributed by atoms with E-state index in [0.717, 1.165) is 44.4 Å². The summed E-state index contributed by atoms with van der Waals surface area (Å²) in [6, 6.07) is 30.6. The van der Waals surface area contributed by atoms with Crippen molar-refractivity contribution in [2.75, 3.05) is 10.6 Å². The molecule has 0 saturated heterocycles. The SMILES string of the molecule is NCc1ccc(C(=O)Nc2ccc(Nc3cc(-c4cccc5c4oc4ccccc45)ncn3)cc2)cc1. The Bertz CT molecular complexity index is 1720. The standard InChI is InChI=1S/C30H23N5O2/c31-17-19-8-10-20(11-9-19)30(36)35-22-14-12-21(13-15-22)34-28-16-26(32-18-33-28)25-6-3-5-24-23-4-1-2-7-27(23)37-29(24)25/h1-16,18H,17,31H2,(H,35,36)(H,32,33,34). The van der Waals surface area contributed by atoms with E-state index in [0.29, 0.717) is 23.6 Å². The van der Waals surface area contributed by atoms with Crippen LogP contribution in [-0.2, 0) is 6.54 Å². The molecule has 0 radical (unpaired) electrons. The smallest absolute Gasteiger partial charge is 0.255 e. The van der Waals surface area contributed by atoms with Crippen molar-refractivity contribution in [3.63, 3.8) is 0 Å². The first-order chi connectivity index (χ1) is 18.2. The first-order valence-corrected chi connectivity index (χ1v) is 11.9. The van der Waals surface area contributed by atoms with E-state index in [1.165, 1.54) is 6.33 Å². The Hall–Kier alpha value is -5.01. The number of hydrogen-bond acceptors (Lipinski definition) is 6. The van der Waals surface area contributed by atoms with Crippen LogP contribution < -0.4 is 16.4 Å². The molecule has 0 unspecified atom stereocenters. The van der Waals surface area contributed by atoms with Gasteiger partial charge in [0.15, 0.2) is 0 Å². The van der Waals surface area contributed by atoms with Crippen molar-refractivity contribution in [1.82, 2.24) is 9.97 Å². The Morgan fingerprint density at radius 2 is 1.57 bits per heavy atom. The molecule has 2 heterocycles. The molecule has 4 N–H and O–H groups in total. The molecule has 7 nitrogen and oxygen atoms in total. The molecule has 2 aromatic heterocycles. The van der Waals surface area contributed by atoms with Gasteiger partial charge in [-0.2, -0.15) is 0 Å². The lowest BCUT2D eigenvalue weighted by Crippen LogP contribution is -2.12. The quantitative estimate of drug-likeness (QED) is 0.249. The lowest BCUT2D eigenvalue weighted by molar-refractivity contribution is 0.102. The maximum absolute atomic E-state index is 12.5. The van der Waals surface area contributed by atoms with Gasteiger partial charge in [0.05, 0.1) is 5.69 Å². The molecule has 0 atom stereocenters. The van der Waals surface area contributed by atoms with Gasteiger partial charge in [-0.25, -0.2) is 9.97 Å². The third-order valence-electron chi connectivity index (χ3n) is 6.21. The molecular weight excluding hydrogens is 462 g/mol. The Morgan fingerprint density at radius 3 is 2.38 bits per heavy atom. The van der Waals surface area contributed by atoms with Crippen molar-refractivity contribution in [2.45, 2.75) is 6.54 Å². The summed E-state index contributed by atoms with van der Waals surface area (Å²) in [5.74, 6) is 0.472. The number of nitrogens with zero attached hydrogens (tertiary/aromatic N) is 2. The summed E-state index contributed by atoms with van der Waals surface area (Å²) in [7, 11) is 0. The summed E-state index contributed by atoms with van der Waals surface area (Å²) < 4.78 is 6.16. The van der Waals surface area contributed by atoms with Gasteiger partial charge in [0, 0.05) is 45.9 Å². The average molecular weight is 486 g/mol. The largest absolute Gasteiger partial charge is 0.455 e. The van der Waals surface area contributed by atoms with Gasteiger partial charge in [0.2, 0.25) is 0 Å². The van der Waals surface area contributed by atoms with Gasteiger partial charge in [-0.05, 0) is 54.1 Å². The number of nitrogens with one attached hydrogen (secondary N) is 2. The Kier molecular flexibility index (Phi) is 5.80. The lowest BCUT2D eigenvalue weighted by atomic mass is 10.1. The molecular formula is C30H23N5O2. The zero-order chi connectivity index (χ0) is 25.2. The summed E-state index contributed by atoms with van der Waals surface area (Å²) in [5, 5.41) is 8.34. The first-order valence-electron chi connectivity index (χ1n) is 11.9. The molecule has 0 aliphatic carbocycles. The number of benzene rings is 4. The number of aromatic nitrogens is 2. The minimum atomic E-state index is -0.176. The number of anilines is 3. The monoisotopic (exact) mass is 485 g/mol. The summed E-state index contributed by atoms with van der Waals surface area (Å²) in [5.41, 5.74) is 12.0. The number of amides is 1. The van der Waals surface area contributed by atoms with Crippen molar-refractivity contribution < 1.29 is 9.21 Å². The Balaban J connectivity index is 1.20. The minimum Gasteiger partial charge on any atom is -0.455 e. The molecule has 0 aliphatic rings. The molecule has 6 aromatic rings. The third kappa shape index (κ3) is 4.51. The van der Waals surface area contributed by atoms with E-state index in [4.69, 9.17) is 10.2 Å². The van der Waals surface area contributed by atoms with Gasteiger partial charge < -0.3 is 20.8 Å². The predicted octanol–water partition coefficient (Wildman–Crippen LogP) is 6.50. The van der Waals surface area contributed by atoms with Gasteiger partial charge >= 0.3 is 0 Å². The van der Waals surface area contributed by atoms with Gasteiger partial charge in [0.1, 0.15) is 23.3 Å². The van der Waals surface area contributed by atoms with E-state index in [-0.39, 0.29) is 5.91 Å². The highest BCUT2D eigenvalue weighted by molar-refractivity contribution is 6.09. The van der Waals surface area contributed by atoms with Crippen molar-refractivity contribution in [1.29, 1.82) is 0 Å². The van der Waals surface area contributed by atoms with Crippen LogP contribution in [0.4, 0.5) is 17.2 Å². The topological polar surface area (TPSA) is 106 Å². The van der Waals surface area contributed by atoms with Crippen LogP contribution in [0.3, 0.4) is 0 Å². The average Bonchev–Trinajstić information content (AvgIpc) is 3.33. The second-order valence-electron chi connectivity index (χ2n) is 8.63. The number of hydrogen-bond donors (Lipinski definition) is 3. The number of furan rings is 1. The molecule has 6 rings (SSSR count). The molecule has 7 heteroatoms. The number of nitrogens with two attached hydrogens (primary N) is 1. The Morgan fingerprint density at radius 1 is 0.811 bits per heavy atom. The zero-order valence-corrected chi connectivity index (χ0v) is 19.8. The number of rotatable bonds is 6. The molecule has 37 heavy (non-hydrogen) atoms. The summed E-state index contributed by atoms with van der Waals surface area (Å²) >= 11 is 0. The highest BCUT2D eigenvalue weighted by atomic mass is 16.3. The first kappa shape index (κ1) is 22.5. The van der Waals surface area contributed by atoms with Crippen LogP contribution in [0.15, 0.2) is 108 Å². The normalized spacial score (nSPS) is 11.1. The predicted molar refractivity (Wildman–Crippen MR) is 147 cm³/mol. The van der Waals surface area contributed by atoms with E-state index in [2.05, 4.69) is 32.7 Å². The lowest BCUT2D eigenvalue weighted by Gasteiger charge is -2.09. The fourth-order valence-electron chi connectivity index (χ4n) is 4.30. The number of carbonyl (C=O) groups is 1. The van der Waals surface area contributed by atoms with Crippen LogP contribution in [0.5, 0.6) is 0 Å². The number of carbonyl (C=O) groups excluding carboxylic acids is 1. The molecule has 0 fully saturated rings. The maximum atomic E-state index is 12.5. The van der Waals surface area contributed by atoms with Gasteiger partial charge in [-0.3, -0.25) is 4.79 Å². The summed E-state index contributed by atoms with van der Waals surface area (Å²) in [6.07, 6.45) is 1.53. The van der Waals surface area contributed by atoms with E-state index in [9.17, 15) is 4.79 Å². The van der Waals surface area contributed by atoms with E-state index >= 15 is 0 Å². The van der Waals surface area contributed by atoms with Gasteiger partial charge in [-0.15, -0.1) is 0 Å². The molecule has 1 amide bonds. The van der Waals surface area contributed by atoms with Crippen molar-refractivity contribution >= 4 is 45.0 Å². The molecule has 0 saturated carbocycles. The Labute approximate surface area is 213 Å². The summed E-state index contributed by atoms with van der Waals surface area (Å²) in [4.78, 5) is 21.4. The van der Waals surface area contributed by atoms with Gasteiger partial charge in [0.25, 0.3) is 5.91 Å². The van der Waals surface area contributed by atoms with Crippen LogP contribution in [0.25, 0.3) is 33.2 Å². The summed E-state index contributed by atoms with van der Waals surface area (Å²) in [6.45, 7) is 0.444. The third-order valence-corrected chi connectivity index (χ3v) is 6.21. The van der Waals surface area contributed by atoms with Crippen molar-refractivity contribution in [3.8, 4) is 11.3 Å². The van der Waals surface area contributed by atoms with Crippen LogP contribution in [0.1, 0.15) is 15.9 Å². The molecule has 0 aliphatic heterocycles. The maximum Gasteiger partial charge on any atom is 0.255 e. The number of fused-ring (bicyclic) bond motifs is 3. The highest BCUT2D eigenvalue weighted by Crippen LogP contribution is 2.35. The van der Waals surface area contributed by atoms with Crippen molar-refractivity contribution in [3.05, 3.63) is 115 Å². The molecule has 0 spiro atoms. The van der Waals surface area contributed by atoms with Gasteiger partial charge in [-0.1, -0.05) is 42.5 Å². The fourth-order valence-corrected chi connectivity index (χ4v) is 4.30. The van der Waals surface area contributed by atoms with Crippen LogP contribution in [0.2, 0.25) is 0 Å². The number of para-hydroxylation sites is 2. The van der Waals surface area contributed by atoms with E-state index < -0.39 is 0 Å². The van der Waals surface area contributed by atoms with Crippen LogP contribution in [0, 0.1) is 0 Å². The zero-order valence-electron chi connectivity index (χ0n) is 19.8.